The van der Waals surface area contributed by atoms with Crippen LogP contribution in [0.3, 0.4) is 0 Å². The molecule has 0 bridgehead atoms. The molecule has 0 unspecified atom stereocenters. The molecular weight excluding hydrogens is 399 g/mol. The van der Waals surface area contributed by atoms with Crippen molar-refractivity contribution in [2.24, 2.45) is 0 Å². The fourth-order valence-electron chi connectivity index (χ4n) is 3.43. The average molecular weight is 425 g/mol. The van der Waals surface area contributed by atoms with Crippen LogP contribution in [0.25, 0.3) is 5.69 Å². The van der Waals surface area contributed by atoms with Crippen molar-refractivity contribution in [3.8, 4) is 11.4 Å². The van der Waals surface area contributed by atoms with Crippen LogP contribution < -0.4 is 4.74 Å². The number of hydrogen-bond donors (Lipinski definition) is 0. The Bertz CT molecular complexity index is 878. The van der Waals surface area contributed by atoms with Crippen molar-refractivity contribution in [1.82, 2.24) is 14.7 Å². The van der Waals surface area contributed by atoms with Gasteiger partial charge in [0.15, 0.2) is 0 Å². The Morgan fingerprint density at radius 3 is 2.23 bits per heavy atom. The zero-order valence-corrected chi connectivity index (χ0v) is 17.5. The second-order valence-electron chi connectivity index (χ2n) is 8.41. The highest BCUT2D eigenvalue weighted by Gasteiger charge is 2.31. The fraction of sp³-hybridized carbons (Fsp3) is 0.524. The van der Waals surface area contributed by atoms with E-state index >= 15 is 0 Å². The number of alkyl halides is 3. The standard InChI is InChI=1S/C21H26F3N3O3/c1-14-13-18(15-9-11-26(12-10-15)19(28)30-20(2,3)4)25-27(14)16-5-7-17(8-6-16)29-21(22,23)24/h5-8,13,15H,9-12H2,1-4H3. The molecular formula is C21H26F3N3O3. The molecule has 1 aromatic heterocycles. The molecule has 1 aliphatic heterocycles. The minimum atomic E-state index is -4.72. The lowest BCUT2D eigenvalue weighted by molar-refractivity contribution is -0.274. The van der Waals surface area contributed by atoms with Gasteiger partial charge in [-0.1, -0.05) is 0 Å². The summed E-state index contributed by atoms with van der Waals surface area (Å²) >= 11 is 0. The monoisotopic (exact) mass is 425 g/mol. The largest absolute Gasteiger partial charge is 0.573 e. The molecule has 30 heavy (non-hydrogen) atoms. The van der Waals surface area contributed by atoms with Gasteiger partial charge in [-0.15, -0.1) is 13.2 Å². The van der Waals surface area contributed by atoms with Crippen molar-refractivity contribution >= 4 is 6.09 Å². The van der Waals surface area contributed by atoms with Crippen LogP contribution in [-0.2, 0) is 4.74 Å². The zero-order chi connectivity index (χ0) is 22.1. The number of rotatable bonds is 3. The van der Waals surface area contributed by atoms with Gasteiger partial charge in [0.25, 0.3) is 0 Å². The lowest BCUT2D eigenvalue weighted by Gasteiger charge is -2.32. The van der Waals surface area contributed by atoms with Gasteiger partial charge < -0.3 is 14.4 Å². The van der Waals surface area contributed by atoms with Crippen molar-refractivity contribution < 1.29 is 27.4 Å². The van der Waals surface area contributed by atoms with Crippen LogP contribution in [0.15, 0.2) is 30.3 Å². The maximum atomic E-state index is 12.3. The number of halogens is 3. The SMILES string of the molecule is Cc1cc(C2CCN(C(=O)OC(C)(C)C)CC2)nn1-c1ccc(OC(F)(F)F)cc1. The van der Waals surface area contributed by atoms with E-state index in [9.17, 15) is 18.0 Å². The second kappa shape index (κ2) is 8.20. The summed E-state index contributed by atoms with van der Waals surface area (Å²) in [5, 5.41) is 4.66. The molecule has 0 radical (unpaired) electrons. The fourth-order valence-corrected chi connectivity index (χ4v) is 3.43. The van der Waals surface area contributed by atoms with Crippen LogP contribution in [0.5, 0.6) is 5.75 Å². The zero-order valence-electron chi connectivity index (χ0n) is 17.5. The summed E-state index contributed by atoms with van der Waals surface area (Å²) in [7, 11) is 0. The lowest BCUT2D eigenvalue weighted by atomic mass is 9.94. The number of amides is 1. The molecule has 2 aromatic rings. The molecule has 0 spiro atoms. The average Bonchev–Trinajstić information content (AvgIpc) is 3.01. The van der Waals surface area contributed by atoms with Gasteiger partial charge in [-0.05, 0) is 70.9 Å². The number of aryl methyl sites for hydroxylation is 1. The first-order chi connectivity index (χ1) is 13.9. The van der Waals surface area contributed by atoms with Crippen molar-refractivity contribution in [3.05, 3.63) is 41.7 Å². The Hall–Kier alpha value is -2.71. The van der Waals surface area contributed by atoms with Gasteiger partial charge in [0.2, 0.25) is 0 Å². The van der Waals surface area contributed by atoms with E-state index in [1.165, 1.54) is 24.3 Å². The normalized spacial score (nSPS) is 15.9. The summed E-state index contributed by atoms with van der Waals surface area (Å²) in [4.78, 5) is 13.9. The minimum absolute atomic E-state index is 0.205. The van der Waals surface area contributed by atoms with E-state index in [1.54, 1.807) is 9.58 Å². The third-order valence-electron chi connectivity index (χ3n) is 4.79. The number of carbonyl (C=O) groups excluding carboxylic acids is 1. The highest BCUT2D eigenvalue weighted by Crippen LogP contribution is 2.30. The van der Waals surface area contributed by atoms with Crippen LogP contribution in [0, 0.1) is 6.92 Å². The molecule has 1 amide bonds. The van der Waals surface area contributed by atoms with E-state index < -0.39 is 12.0 Å². The highest BCUT2D eigenvalue weighted by atomic mass is 19.4. The van der Waals surface area contributed by atoms with Gasteiger partial charge in [0.05, 0.1) is 11.4 Å². The Kier molecular flexibility index (Phi) is 6.01. The molecule has 1 aliphatic rings. The number of piperidine rings is 1. The van der Waals surface area contributed by atoms with Gasteiger partial charge in [0.1, 0.15) is 11.4 Å². The summed E-state index contributed by atoms with van der Waals surface area (Å²) < 4.78 is 48.0. The van der Waals surface area contributed by atoms with E-state index in [0.717, 1.165) is 24.2 Å². The predicted octanol–water partition coefficient (Wildman–Crippen LogP) is 5.19. The maximum Gasteiger partial charge on any atom is 0.573 e. The van der Waals surface area contributed by atoms with E-state index in [4.69, 9.17) is 4.74 Å². The van der Waals surface area contributed by atoms with Crippen molar-refractivity contribution in [2.75, 3.05) is 13.1 Å². The van der Waals surface area contributed by atoms with E-state index in [2.05, 4.69) is 9.84 Å². The first kappa shape index (κ1) is 22.0. The summed E-state index contributed by atoms with van der Waals surface area (Å²) in [5.41, 5.74) is 1.92. The Morgan fingerprint density at radius 2 is 1.70 bits per heavy atom. The van der Waals surface area contributed by atoms with Crippen LogP contribution >= 0.6 is 0 Å². The number of likely N-dealkylation sites (tertiary alicyclic amines) is 1. The van der Waals surface area contributed by atoms with E-state index in [0.29, 0.717) is 18.8 Å². The summed E-state index contributed by atoms with van der Waals surface area (Å²) in [6, 6.07) is 7.59. The van der Waals surface area contributed by atoms with Crippen molar-refractivity contribution in [3.63, 3.8) is 0 Å². The third-order valence-corrected chi connectivity index (χ3v) is 4.79. The van der Waals surface area contributed by atoms with Crippen LogP contribution in [0.4, 0.5) is 18.0 Å². The molecule has 3 rings (SSSR count). The maximum absolute atomic E-state index is 12.3. The molecule has 0 atom stereocenters. The second-order valence-corrected chi connectivity index (χ2v) is 8.41. The Morgan fingerprint density at radius 1 is 1.10 bits per heavy atom. The van der Waals surface area contributed by atoms with Gasteiger partial charge >= 0.3 is 12.5 Å². The Balaban J connectivity index is 1.65. The molecule has 2 heterocycles. The van der Waals surface area contributed by atoms with Crippen LogP contribution in [0.1, 0.15) is 50.9 Å². The third kappa shape index (κ3) is 5.67. The van der Waals surface area contributed by atoms with Crippen molar-refractivity contribution in [1.29, 1.82) is 0 Å². The smallest absolute Gasteiger partial charge is 0.444 e. The molecule has 9 heteroatoms. The van der Waals surface area contributed by atoms with Crippen LogP contribution in [-0.4, -0.2) is 45.8 Å². The molecule has 6 nitrogen and oxygen atoms in total. The summed E-state index contributed by atoms with van der Waals surface area (Å²) in [6.45, 7) is 8.61. The van der Waals surface area contributed by atoms with Crippen LogP contribution in [0.2, 0.25) is 0 Å². The summed E-state index contributed by atoms with van der Waals surface area (Å²) in [6.07, 6.45) is -3.48. The number of benzene rings is 1. The van der Waals surface area contributed by atoms with E-state index in [-0.39, 0.29) is 17.8 Å². The molecule has 1 aromatic carbocycles. The first-order valence-electron chi connectivity index (χ1n) is 9.82. The first-order valence-corrected chi connectivity index (χ1v) is 9.82. The van der Waals surface area contributed by atoms with Gasteiger partial charge in [-0.2, -0.15) is 5.10 Å². The minimum Gasteiger partial charge on any atom is -0.444 e. The predicted molar refractivity (Wildman–Crippen MR) is 105 cm³/mol. The number of nitrogens with zero attached hydrogens (tertiary/aromatic N) is 3. The molecule has 0 aliphatic carbocycles. The summed E-state index contributed by atoms with van der Waals surface area (Å²) in [5.74, 6) is -0.0673. The molecule has 1 saturated heterocycles. The number of ether oxygens (including phenoxy) is 2. The molecule has 164 valence electrons. The number of aromatic nitrogens is 2. The van der Waals surface area contributed by atoms with Crippen molar-refractivity contribution in [2.45, 2.75) is 58.4 Å². The topological polar surface area (TPSA) is 56.6 Å². The number of hydrogen-bond acceptors (Lipinski definition) is 4. The molecule has 1 fully saturated rings. The van der Waals surface area contributed by atoms with Gasteiger partial charge in [-0.25, -0.2) is 9.48 Å². The quantitative estimate of drug-likeness (QED) is 0.679. The molecule has 0 saturated carbocycles. The highest BCUT2D eigenvalue weighted by molar-refractivity contribution is 5.68. The lowest BCUT2D eigenvalue weighted by Crippen LogP contribution is -2.41. The Labute approximate surface area is 173 Å². The molecule has 0 N–H and O–H groups in total. The van der Waals surface area contributed by atoms with Gasteiger partial charge in [0, 0.05) is 24.7 Å². The number of carbonyl (C=O) groups is 1. The van der Waals surface area contributed by atoms with E-state index in [1.807, 2.05) is 33.8 Å². The van der Waals surface area contributed by atoms with Gasteiger partial charge in [-0.3, -0.25) is 0 Å².